The molecule has 0 amide bonds. The molecule has 0 aliphatic heterocycles. The van der Waals surface area contributed by atoms with Crippen LogP contribution in [0, 0.1) is 0 Å². The van der Waals surface area contributed by atoms with Gasteiger partial charge in [-0.25, -0.2) is 0 Å². The molecule has 0 aromatic rings. The van der Waals surface area contributed by atoms with E-state index in [1.807, 2.05) is 0 Å². The molecule has 0 saturated carbocycles. The molecule has 0 radical (unpaired) electrons. The van der Waals surface area contributed by atoms with Gasteiger partial charge in [-0.1, -0.05) is 0 Å². The monoisotopic (exact) mass is 557 g/mol. The molecule has 0 spiro atoms. The second-order valence-corrected chi connectivity index (χ2v) is 50.4. The molecule has 0 fully saturated rings. The quantitative estimate of drug-likeness (QED) is 0.277. The Morgan fingerprint density at radius 1 is 0.933 bits per heavy atom. The Bertz CT molecular complexity index is 154. The minimum Gasteiger partial charge on any atom is -1.00 e. The van der Waals surface area contributed by atoms with Gasteiger partial charge < -0.3 is 11.3 Å². The summed E-state index contributed by atoms with van der Waals surface area (Å²) in [6.45, 7) is 0.972. The molecule has 0 rings (SSSR count). The van der Waals surface area contributed by atoms with Crippen molar-refractivity contribution in [2.24, 2.45) is 0 Å². The van der Waals surface area contributed by atoms with Crippen LogP contribution in [0.15, 0.2) is 0 Å². The Hall–Kier alpha value is 5.90. The summed E-state index contributed by atoms with van der Waals surface area (Å²) in [7, 11) is 25.0. The van der Waals surface area contributed by atoms with E-state index in [0.29, 0.717) is 0 Å². The van der Waals surface area contributed by atoms with Crippen molar-refractivity contribution in [1.29, 1.82) is 0 Å². The van der Waals surface area contributed by atoms with E-state index >= 15 is 0 Å². The molecular weight excluding hydrogens is 556 g/mol. The van der Waals surface area contributed by atoms with Crippen LogP contribution in [0.5, 0.6) is 0 Å². The van der Waals surface area contributed by atoms with Crippen molar-refractivity contribution in [2.45, 2.75) is 6.92 Å². The van der Waals surface area contributed by atoms with Gasteiger partial charge >= 0.3 is 182 Å². The van der Waals surface area contributed by atoms with Crippen molar-refractivity contribution in [3.63, 3.8) is 0 Å². The first-order valence-electron chi connectivity index (χ1n) is 1.63. The third-order valence-corrected chi connectivity index (χ3v) is 0. The Kier molecular flexibility index (Phi) is 30.9. The summed E-state index contributed by atoms with van der Waals surface area (Å²) in [4.78, 5) is 8.89. The molecule has 0 bridgehead atoms. The Balaban J connectivity index is -0.0000000165. The largest absolute Gasteiger partial charge is 1.00 e. The van der Waals surface area contributed by atoms with Crippen molar-refractivity contribution < 1.29 is 137 Å². The number of hydrogen-bond acceptors (Lipinski definition) is 2. The molecule has 80 valence electrons. The van der Waals surface area contributed by atoms with Crippen LogP contribution in [-0.4, -0.2) is 5.97 Å². The first kappa shape index (κ1) is 37.3. The molecular formula is C2H4Cl6Na4O2Pt. The van der Waals surface area contributed by atoms with Gasteiger partial charge in [0.1, 0.15) is 0 Å². The van der Waals surface area contributed by atoms with Gasteiger partial charge in [-0.3, -0.25) is 0 Å². The number of carboxylic acids is 1. The normalized spacial score (nSPS) is 12.5. The number of hydrogen-bond donors (Lipinski definition) is 0. The number of carboxylic acid groups (broad SMARTS) is 1. The van der Waals surface area contributed by atoms with Gasteiger partial charge in [0.25, 0.3) is 0 Å². The van der Waals surface area contributed by atoms with E-state index in [9.17, 15) is 0 Å². The summed E-state index contributed by atoms with van der Waals surface area (Å²) in [6, 6.07) is 0. The molecule has 13 heteroatoms. The minimum atomic E-state index is -5.29. The van der Waals surface area contributed by atoms with E-state index in [1.54, 1.807) is 0 Å². The Morgan fingerprint density at radius 3 is 0.933 bits per heavy atom. The summed E-state index contributed by atoms with van der Waals surface area (Å²) >= 11 is 0. The van der Waals surface area contributed by atoms with Gasteiger partial charge in [-0.2, -0.15) is 0 Å². The van der Waals surface area contributed by atoms with E-state index in [2.05, 4.69) is 0 Å². The minimum absolute atomic E-state index is 0. The van der Waals surface area contributed by atoms with Gasteiger partial charge in [-0.15, -0.1) is 0 Å². The molecule has 15 heavy (non-hydrogen) atoms. The van der Waals surface area contributed by atoms with Crippen LogP contribution >= 0.6 is 56.5 Å². The van der Waals surface area contributed by atoms with E-state index in [1.165, 1.54) is 0 Å². The maximum atomic E-state index is 8.89. The van der Waals surface area contributed by atoms with Gasteiger partial charge in [-0.05, 0) is 6.92 Å². The third kappa shape index (κ3) is 183. The average Bonchev–Trinajstić information content (AvgIpc) is 1.11. The average molecular weight is 560 g/mol. The first-order chi connectivity index (χ1) is 4.18. The summed E-state index contributed by atoms with van der Waals surface area (Å²) in [5, 5.41) is 8.89. The molecule has 0 aromatic heterocycles. The Labute approximate surface area is 201 Å². The van der Waals surface area contributed by atoms with Gasteiger partial charge in [0, 0.05) is 5.97 Å². The van der Waals surface area contributed by atoms with Crippen LogP contribution in [0.3, 0.4) is 0 Å². The number of carbonyl (C=O) groups excluding carboxylic acids is 1. The van der Waals surface area contributed by atoms with Gasteiger partial charge in [0.15, 0.2) is 0 Å². The van der Waals surface area contributed by atoms with E-state index < -0.39 is 13.3 Å². The van der Waals surface area contributed by atoms with Crippen molar-refractivity contribution in [3.05, 3.63) is 0 Å². The van der Waals surface area contributed by atoms with Crippen molar-refractivity contribution >= 4 is 62.5 Å². The molecule has 0 atom stereocenters. The zero-order chi connectivity index (χ0) is 9.99. The van der Waals surface area contributed by atoms with Crippen LogP contribution in [0.2, 0.25) is 0 Å². The van der Waals surface area contributed by atoms with E-state index in [-0.39, 0.29) is 120 Å². The molecule has 2 nitrogen and oxygen atoms in total. The maximum Gasteiger partial charge on any atom is 1.00 e. The van der Waals surface area contributed by atoms with Gasteiger partial charge in [0.05, 0.1) is 0 Å². The second-order valence-electron chi connectivity index (χ2n) is 1.17. The van der Waals surface area contributed by atoms with Crippen LogP contribution in [-0.2, 0) is 12.1 Å². The number of carbonyl (C=O) groups is 1. The zero-order valence-electron chi connectivity index (χ0n) is 9.90. The van der Waals surface area contributed by atoms with Crippen LogP contribution in [0.25, 0.3) is 0 Å². The van der Waals surface area contributed by atoms with Gasteiger partial charge in [0.2, 0.25) is 0 Å². The van der Waals surface area contributed by atoms with E-state index in [0.717, 1.165) is 6.92 Å². The van der Waals surface area contributed by atoms with Crippen LogP contribution < -0.4 is 123 Å². The predicted octanol–water partition coefficient (Wildman–Crippen LogP) is -8.98. The Morgan fingerprint density at radius 2 is 0.933 bits per heavy atom. The molecule has 0 aliphatic rings. The van der Waals surface area contributed by atoms with Crippen molar-refractivity contribution in [2.75, 3.05) is 0 Å². The van der Waals surface area contributed by atoms with Crippen LogP contribution in [0.4, 0.5) is 0 Å². The second kappa shape index (κ2) is 12.4. The zero-order valence-corrected chi connectivity index (χ0v) is 23.7. The smallest absolute Gasteiger partial charge is 1.00 e. The molecule has 0 saturated heterocycles. The molecule has 0 aliphatic carbocycles. The van der Waals surface area contributed by atoms with Crippen molar-refractivity contribution in [1.82, 2.24) is 0 Å². The summed E-state index contributed by atoms with van der Waals surface area (Å²) in [6.07, 6.45) is 0. The van der Waals surface area contributed by atoms with Crippen LogP contribution in [0.1, 0.15) is 8.35 Å². The summed E-state index contributed by atoms with van der Waals surface area (Å²) in [5.74, 6) is -1.08. The standard InChI is InChI=1S/C2H4O2.6ClH.4Na.Pt.H/c1-2(3)4;;;;;;;;;;;;/h1H3,(H,3,4);6*1H;;;;;;/q;;;;;;;4*+1;+4;-1/p-7. The third-order valence-electron chi connectivity index (χ3n) is 0. The topological polar surface area (TPSA) is 40.1 Å². The SMILES string of the molecule is CC(=O)[O-].[Cl][Pt-2]([Cl])([Cl])([Cl])([Cl])[Cl].[H-].[Na+].[Na+].[Na+].[Na+]. The fraction of sp³-hybridized carbons (Fsp3) is 0.500. The summed E-state index contributed by atoms with van der Waals surface area (Å²) < 4.78 is 0. The first-order valence-corrected chi connectivity index (χ1v) is 18.5. The fourth-order valence-corrected chi connectivity index (χ4v) is 0. The number of aliphatic carboxylic acids is 1. The van der Waals surface area contributed by atoms with Crippen molar-refractivity contribution in [3.8, 4) is 0 Å². The van der Waals surface area contributed by atoms with E-state index in [4.69, 9.17) is 66.4 Å². The fourth-order valence-electron chi connectivity index (χ4n) is 0. The number of rotatable bonds is 0. The molecule has 0 aromatic carbocycles. The predicted molar refractivity (Wildman–Crippen MR) is 46.9 cm³/mol. The summed E-state index contributed by atoms with van der Waals surface area (Å²) in [5.41, 5.74) is 0. The molecule has 0 heterocycles. The molecule has 0 N–H and O–H groups in total. The number of halogens is 6. The molecule has 0 unspecified atom stereocenters. The maximum absolute atomic E-state index is 8.89.